The zero-order valence-electron chi connectivity index (χ0n) is 16.2. The summed E-state index contributed by atoms with van der Waals surface area (Å²) in [7, 11) is 0. The minimum Gasteiger partial charge on any atom is -0.338 e. The third-order valence-corrected chi connectivity index (χ3v) is 5.14. The lowest BCUT2D eigenvalue weighted by Gasteiger charge is -2.35. The van der Waals surface area contributed by atoms with Gasteiger partial charge in [0.05, 0.1) is 0 Å². The van der Waals surface area contributed by atoms with E-state index < -0.39 is 6.04 Å². The van der Waals surface area contributed by atoms with Crippen LogP contribution in [0.3, 0.4) is 0 Å². The van der Waals surface area contributed by atoms with Gasteiger partial charge in [-0.3, -0.25) is 9.69 Å². The summed E-state index contributed by atoms with van der Waals surface area (Å²) in [6.45, 7) is 3.98. The van der Waals surface area contributed by atoms with E-state index in [0.717, 1.165) is 25.2 Å². The van der Waals surface area contributed by atoms with Gasteiger partial charge in [-0.25, -0.2) is 4.68 Å². The average molecular weight is 388 g/mol. The zero-order chi connectivity index (χ0) is 19.9. The maximum Gasteiger partial charge on any atom is 0.252 e. The Hall–Kier alpha value is -3.32. The lowest BCUT2D eigenvalue weighted by molar-refractivity contribution is -0.135. The molecule has 0 N–H and O–H groups in total. The molecule has 0 aliphatic carbocycles. The van der Waals surface area contributed by atoms with Gasteiger partial charge in [-0.2, -0.15) is 0 Å². The molecule has 0 saturated carbocycles. The molecule has 1 atom stereocenters. The second-order valence-corrected chi connectivity index (χ2v) is 7.04. The van der Waals surface area contributed by atoms with Crippen LogP contribution >= 0.6 is 0 Å². The predicted octanol–water partition coefficient (Wildman–Crippen LogP) is 2.12. The van der Waals surface area contributed by atoms with Crippen molar-refractivity contribution in [1.29, 1.82) is 0 Å². The molecule has 0 radical (unpaired) electrons. The van der Waals surface area contributed by atoms with Crippen LogP contribution in [0.4, 0.5) is 0 Å². The van der Waals surface area contributed by atoms with E-state index in [0.29, 0.717) is 13.1 Å². The Kier molecular flexibility index (Phi) is 6.07. The van der Waals surface area contributed by atoms with E-state index in [2.05, 4.69) is 44.7 Å². The molecule has 3 aromatic rings. The highest BCUT2D eigenvalue weighted by molar-refractivity contribution is 5.83. The van der Waals surface area contributed by atoms with Gasteiger partial charge in [-0.15, -0.1) is 5.10 Å². The number of piperazine rings is 1. The average Bonchev–Trinajstić information content (AvgIpc) is 3.30. The van der Waals surface area contributed by atoms with E-state index in [1.165, 1.54) is 16.6 Å². The minimum absolute atomic E-state index is 0.0305. The van der Waals surface area contributed by atoms with Gasteiger partial charge >= 0.3 is 0 Å². The molecule has 1 fully saturated rings. The fourth-order valence-corrected chi connectivity index (χ4v) is 3.56. The van der Waals surface area contributed by atoms with Crippen LogP contribution in [0.15, 0.2) is 73.1 Å². The van der Waals surface area contributed by atoms with Crippen LogP contribution < -0.4 is 0 Å². The van der Waals surface area contributed by atoms with Crippen LogP contribution in [0.2, 0.25) is 0 Å². The summed E-state index contributed by atoms with van der Waals surface area (Å²) in [5.74, 6) is 0.0305. The molecule has 0 spiro atoms. The van der Waals surface area contributed by atoms with Crippen LogP contribution in [0.5, 0.6) is 0 Å². The van der Waals surface area contributed by atoms with Gasteiger partial charge in [0.1, 0.15) is 6.33 Å². The van der Waals surface area contributed by atoms with E-state index in [4.69, 9.17) is 0 Å². The highest BCUT2D eigenvalue weighted by atomic mass is 16.2. The lowest BCUT2D eigenvalue weighted by Crippen LogP contribution is -2.50. The van der Waals surface area contributed by atoms with Crippen molar-refractivity contribution < 1.29 is 4.79 Å². The molecule has 1 amide bonds. The Morgan fingerprint density at radius 1 is 0.966 bits per heavy atom. The largest absolute Gasteiger partial charge is 0.338 e. The maximum absolute atomic E-state index is 13.3. The second kappa shape index (κ2) is 9.25. The van der Waals surface area contributed by atoms with Crippen molar-refractivity contribution in [2.24, 2.45) is 0 Å². The van der Waals surface area contributed by atoms with Crippen molar-refractivity contribution in [2.45, 2.75) is 6.04 Å². The monoisotopic (exact) mass is 388 g/mol. The Bertz CT molecular complexity index is 918. The van der Waals surface area contributed by atoms with Crippen molar-refractivity contribution in [3.05, 3.63) is 84.2 Å². The van der Waals surface area contributed by atoms with Crippen LogP contribution in [0.25, 0.3) is 6.08 Å². The lowest BCUT2D eigenvalue weighted by atomic mass is 10.1. The summed E-state index contributed by atoms with van der Waals surface area (Å²) < 4.78 is 1.53. The van der Waals surface area contributed by atoms with Gasteiger partial charge in [-0.05, 0) is 21.6 Å². The topological polar surface area (TPSA) is 67.2 Å². The molecule has 1 saturated heterocycles. The van der Waals surface area contributed by atoms with E-state index in [1.54, 1.807) is 0 Å². The number of amides is 1. The van der Waals surface area contributed by atoms with Gasteiger partial charge in [0.2, 0.25) is 0 Å². The molecule has 4 rings (SSSR count). The number of carbonyl (C=O) groups is 1. The van der Waals surface area contributed by atoms with Gasteiger partial charge in [0.25, 0.3) is 5.91 Å². The highest BCUT2D eigenvalue weighted by Gasteiger charge is 2.30. The molecule has 1 aliphatic rings. The number of hydrogen-bond donors (Lipinski definition) is 0. The summed E-state index contributed by atoms with van der Waals surface area (Å²) in [6.07, 6.45) is 5.82. The van der Waals surface area contributed by atoms with Gasteiger partial charge in [0.15, 0.2) is 6.04 Å². The molecule has 0 bridgehead atoms. The molecular formula is C22H24N6O. The van der Waals surface area contributed by atoms with Crippen LogP contribution in [-0.4, -0.2) is 68.6 Å². The smallest absolute Gasteiger partial charge is 0.252 e. The van der Waals surface area contributed by atoms with Gasteiger partial charge in [0, 0.05) is 32.7 Å². The molecule has 2 aromatic carbocycles. The highest BCUT2D eigenvalue weighted by Crippen LogP contribution is 2.20. The number of rotatable bonds is 6. The summed E-state index contributed by atoms with van der Waals surface area (Å²) in [6, 6.07) is 19.4. The Morgan fingerprint density at radius 2 is 1.66 bits per heavy atom. The molecule has 2 heterocycles. The first-order chi connectivity index (χ1) is 14.3. The minimum atomic E-state index is -0.532. The number of hydrogen-bond acceptors (Lipinski definition) is 5. The first-order valence-electron chi connectivity index (χ1n) is 9.81. The number of nitrogens with zero attached hydrogens (tertiary/aromatic N) is 6. The zero-order valence-corrected chi connectivity index (χ0v) is 16.2. The van der Waals surface area contributed by atoms with Gasteiger partial charge < -0.3 is 4.90 Å². The van der Waals surface area contributed by atoms with Crippen molar-refractivity contribution in [2.75, 3.05) is 32.7 Å². The predicted molar refractivity (Wildman–Crippen MR) is 111 cm³/mol. The standard InChI is InChI=1S/C22H24N6O/c29-22(21(28-18-23-24-25-28)20-11-5-2-6-12-20)27-16-14-26(15-17-27)13-7-10-19-8-3-1-4-9-19/h1-12,18,21H,13-17H2/b10-7+. The molecule has 7 nitrogen and oxygen atoms in total. The first-order valence-corrected chi connectivity index (χ1v) is 9.81. The molecule has 1 aromatic heterocycles. The summed E-state index contributed by atoms with van der Waals surface area (Å²) >= 11 is 0. The van der Waals surface area contributed by atoms with E-state index >= 15 is 0 Å². The normalized spacial score (nSPS) is 16.2. The molecule has 1 aliphatic heterocycles. The molecule has 29 heavy (non-hydrogen) atoms. The molecule has 7 heteroatoms. The fraction of sp³-hybridized carbons (Fsp3) is 0.273. The van der Waals surface area contributed by atoms with Crippen molar-refractivity contribution >= 4 is 12.0 Å². The Labute approximate surface area is 170 Å². The Balaban J connectivity index is 1.37. The SMILES string of the molecule is O=C(C(c1ccccc1)n1cnnn1)N1CCN(C/C=C/c2ccccc2)CC1. The number of carbonyl (C=O) groups excluding carboxylic acids is 1. The molecular weight excluding hydrogens is 364 g/mol. The van der Waals surface area contributed by atoms with Crippen LogP contribution in [-0.2, 0) is 4.79 Å². The number of benzene rings is 2. The third-order valence-electron chi connectivity index (χ3n) is 5.14. The van der Waals surface area contributed by atoms with Crippen LogP contribution in [0.1, 0.15) is 17.2 Å². The van der Waals surface area contributed by atoms with E-state index in [1.807, 2.05) is 53.4 Å². The summed E-state index contributed by atoms with van der Waals surface area (Å²) in [5.41, 5.74) is 2.09. The quantitative estimate of drug-likeness (QED) is 0.647. The fourth-order valence-electron chi connectivity index (χ4n) is 3.56. The Morgan fingerprint density at radius 3 is 2.31 bits per heavy atom. The molecule has 148 valence electrons. The number of aromatic nitrogens is 4. The van der Waals surface area contributed by atoms with E-state index in [-0.39, 0.29) is 5.91 Å². The summed E-state index contributed by atoms with van der Waals surface area (Å²) in [4.78, 5) is 17.6. The third kappa shape index (κ3) is 4.75. The summed E-state index contributed by atoms with van der Waals surface area (Å²) in [5, 5.41) is 11.4. The van der Waals surface area contributed by atoms with Gasteiger partial charge in [-0.1, -0.05) is 72.8 Å². The van der Waals surface area contributed by atoms with E-state index in [9.17, 15) is 4.79 Å². The van der Waals surface area contributed by atoms with Crippen molar-refractivity contribution in [3.8, 4) is 0 Å². The van der Waals surface area contributed by atoms with Crippen LogP contribution in [0, 0.1) is 0 Å². The first kappa shape index (κ1) is 19.0. The van der Waals surface area contributed by atoms with Crippen molar-refractivity contribution in [3.63, 3.8) is 0 Å². The maximum atomic E-state index is 13.3. The second-order valence-electron chi connectivity index (χ2n) is 7.04. The van der Waals surface area contributed by atoms with Crippen molar-refractivity contribution in [1.82, 2.24) is 30.0 Å². The number of tetrazole rings is 1. The molecule has 1 unspecified atom stereocenters.